The lowest BCUT2D eigenvalue weighted by atomic mass is 10.2. The Kier molecular flexibility index (Phi) is 4.01. The summed E-state index contributed by atoms with van der Waals surface area (Å²) in [6, 6.07) is 0. The molecule has 6 nitrogen and oxygen atoms in total. The summed E-state index contributed by atoms with van der Waals surface area (Å²) in [5.74, 6) is -0.381. The largest absolute Gasteiger partial charge is 0.456 e. The monoisotopic (exact) mass is 239 g/mol. The van der Waals surface area contributed by atoms with E-state index < -0.39 is 11.6 Å². The molecule has 0 amide bonds. The average molecular weight is 239 g/mol. The van der Waals surface area contributed by atoms with Crippen molar-refractivity contribution in [1.82, 2.24) is 9.97 Å². The summed E-state index contributed by atoms with van der Waals surface area (Å²) in [6.45, 7) is 5.55. The molecule has 0 radical (unpaired) electrons. The van der Waals surface area contributed by atoms with Crippen LogP contribution < -0.4 is 5.73 Å². The lowest BCUT2D eigenvalue weighted by Crippen LogP contribution is -2.25. The Morgan fingerprint density at radius 3 is 2.65 bits per heavy atom. The van der Waals surface area contributed by atoms with Gasteiger partial charge in [-0.05, 0) is 20.8 Å². The number of nitrogen functional groups attached to an aromatic ring is 1. The summed E-state index contributed by atoms with van der Waals surface area (Å²) in [6.07, 6.45) is 1.35. The Morgan fingerprint density at radius 2 is 2.12 bits per heavy atom. The number of carbonyl (C=O) groups excluding carboxylic acids is 1. The van der Waals surface area contributed by atoms with E-state index in [0.717, 1.165) is 0 Å². The molecule has 0 aliphatic carbocycles. The van der Waals surface area contributed by atoms with Crippen molar-refractivity contribution in [2.24, 2.45) is 0 Å². The van der Waals surface area contributed by atoms with Gasteiger partial charge >= 0.3 is 5.97 Å². The zero-order chi connectivity index (χ0) is 13.1. The molecule has 0 aliphatic rings. The van der Waals surface area contributed by atoms with Crippen LogP contribution in [0.2, 0.25) is 0 Å². The van der Waals surface area contributed by atoms with Gasteiger partial charge in [-0.25, -0.2) is 14.8 Å². The van der Waals surface area contributed by atoms with Crippen LogP contribution >= 0.6 is 0 Å². The zero-order valence-corrected chi connectivity index (χ0v) is 10.5. The summed E-state index contributed by atoms with van der Waals surface area (Å²) >= 11 is 0. The number of nitrogens with two attached hydrogens (primary N) is 1. The van der Waals surface area contributed by atoms with Crippen molar-refractivity contribution in [3.63, 3.8) is 0 Å². The highest BCUT2D eigenvalue weighted by Crippen LogP contribution is 2.15. The van der Waals surface area contributed by atoms with Crippen LogP contribution in [-0.2, 0) is 16.1 Å². The standard InChI is InChI=1S/C11H17N3O3/c1-11(2,3)17-9(15)7-5-13-10(12)14-8(7)6-16-4/h5H,6H2,1-4H3,(H2,12,13,14). The van der Waals surface area contributed by atoms with Gasteiger partial charge in [-0.2, -0.15) is 0 Å². The molecule has 1 rings (SSSR count). The van der Waals surface area contributed by atoms with E-state index in [2.05, 4.69) is 9.97 Å². The summed E-state index contributed by atoms with van der Waals surface area (Å²) in [4.78, 5) is 19.6. The molecule has 0 fully saturated rings. The highest BCUT2D eigenvalue weighted by atomic mass is 16.6. The second-order valence-electron chi connectivity index (χ2n) is 4.52. The van der Waals surface area contributed by atoms with Crippen LogP contribution in [-0.4, -0.2) is 28.6 Å². The highest BCUT2D eigenvalue weighted by molar-refractivity contribution is 5.90. The molecular formula is C11H17N3O3. The van der Waals surface area contributed by atoms with Gasteiger partial charge in [0.15, 0.2) is 0 Å². The fraction of sp³-hybridized carbons (Fsp3) is 0.545. The molecule has 0 aromatic carbocycles. The number of hydrogen-bond acceptors (Lipinski definition) is 6. The number of aromatic nitrogens is 2. The van der Waals surface area contributed by atoms with E-state index in [1.165, 1.54) is 13.3 Å². The summed E-state index contributed by atoms with van der Waals surface area (Å²) < 4.78 is 10.2. The molecule has 0 atom stereocenters. The van der Waals surface area contributed by atoms with Gasteiger partial charge in [0.05, 0.1) is 12.3 Å². The minimum Gasteiger partial charge on any atom is -0.456 e. The maximum Gasteiger partial charge on any atom is 0.342 e. The molecule has 0 bridgehead atoms. The molecule has 0 saturated heterocycles. The first kappa shape index (κ1) is 13.4. The Hall–Kier alpha value is -1.69. The number of rotatable bonds is 3. The Bertz CT molecular complexity index is 413. The van der Waals surface area contributed by atoms with Crippen LogP contribution in [0.3, 0.4) is 0 Å². The summed E-state index contributed by atoms with van der Waals surface area (Å²) in [7, 11) is 1.51. The topological polar surface area (TPSA) is 87.3 Å². The van der Waals surface area contributed by atoms with E-state index in [-0.39, 0.29) is 18.1 Å². The Balaban J connectivity index is 3.00. The fourth-order valence-electron chi connectivity index (χ4n) is 1.18. The lowest BCUT2D eigenvalue weighted by Gasteiger charge is -2.20. The maximum atomic E-state index is 11.9. The van der Waals surface area contributed by atoms with E-state index >= 15 is 0 Å². The van der Waals surface area contributed by atoms with Crippen molar-refractivity contribution in [3.8, 4) is 0 Å². The lowest BCUT2D eigenvalue weighted by molar-refractivity contribution is 0.00647. The molecule has 0 unspecified atom stereocenters. The van der Waals surface area contributed by atoms with Crippen molar-refractivity contribution >= 4 is 11.9 Å². The van der Waals surface area contributed by atoms with Crippen LogP contribution in [0.1, 0.15) is 36.8 Å². The molecule has 1 heterocycles. The van der Waals surface area contributed by atoms with E-state index in [9.17, 15) is 4.79 Å². The predicted octanol–water partition coefficient (Wildman–Crippen LogP) is 1.16. The first-order chi connectivity index (χ1) is 7.83. The minimum absolute atomic E-state index is 0.101. The Labute approximate surface area is 100 Å². The van der Waals surface area contributed by atoms with Crippen molar-refractivity contribution in [3.05, 3.63) is 17.5 Å². The first-order valence-electron chi connectivity index (χ1n) is 5.17. The van der Waals surface area contributed by atoms with Crippen LogP contribution in [0.15, 0.2) is 6.20 Å². The number of ether oxygens (including phenoxy) is 2. The highest BCUT2D eigenvalue weighted by Gasteiger charge is 2.21. The van der Waals surface area contributed by atoms with Gasteiger partial charge in [0.2, 0.25) is 5.95 Å². The summed E-state index contributed by atoms with van der Waals surface area (Å²) in [5.41, 5.74) is 5.59. The molecule has 0 aliphatic heterocycles. The number of hydrogen-bond donors (Lipinski definition) is 1. The summed E-state index contributed by atoms with van der Waals surface area (Å²) in [5, 5.41) is 0. The van der Waals surface area contributed by atoms with E-state index in [1.54, 1.807) is 20.8 Å². The van der Waals surface area contributed by atoms with Gasteiger partial charge in [-0.3, -0.25) is 0 Å². The smallest absolute Gasteiger partial charge is 0.342 e. The second-order valence-corrected chi connectivity index (χ2v) is 4.52. The molecule has 0 saturated carbocycles. The van der Waals surface area contributed by atoms with E-state index in [4.69, 9.17) is 15.2 Å². The molecule has 17 heavy (non-hydrogen) atoms. The van der Waals surface area contributed by atoms with Gasteiger partial charge in [-0.15, -0.1) is 0 Å². The van der Waals surface area contributed by atoms with Crippen molar-refractivity contribution in [2.75, 3.05) is 12.8 Å². The molecule has 2 N–H and O–H groups in total. The van der Waals surface area contributed by atoms with Gasteiger partial charge < -0.3 is 15.2 Å². The molecule has 6 heteroatoms. The first-order valence-corrected chi connectivity index (χ1v) is 5.17. The molecule has 1 aromatic rings. The van der Waals surface area contributed by atoms with E-state index in [1.807, 2.05) is 0 Å². The van der Waals surface area contributed by atoms with Gasteiger partial charge in [0.25, 0.3) is 0 Å². The second kappa shape index (κ2) is 5.09. The number of esters is 1. The van der Waals surface area contributed by atoms with Crippen molar-refractivity contribution < 1.29 is 14.3 Å². The van der Waals surface area contributed by atoms with Gasteiger partial charge in [0.1, 0.15) is 11.2 Å². The molecule has 1 aromatic heterocycles. The normalized spacial score (nSPS) is 11.3. The molecule has 94 valence electrons. The Morgan fingerprint density at radius 1 is 1.47 bits per heavy atom. The number of nitrogens with zero attached hydrogens (tertiary/aromatic N) is 2. The maximum absolute atomic E-state index is 11.9. The predicted molar refractivity (Wildman–Crippen MR) is 62.3 cm³/mol. The van der Waals surface area contributed by atoms with E-state index in [0.29, 0.717) is 5.69 Å². The molecule has 0 spiro atoms. The van der Waals surface area contributed by atoms with Crippen molar-refractivity contribution in [1.29, 1.82) is 0 Å². The SMILES string of the molecule is COCc1nc(N)ncc1C(=O)OC(C)(C)C. The van der Waals surface area contributed by atoms with Crippen LogP contribution in [0.25, 0.3) is 0 Å². The van der Waals surface area contributed by atoms with Gasteiger partial charge in [-0.1, -0.05) is 0 Å². The third-order valence-electron chi connectivity index (χ3n) is 1.79. The third kappa shape index (κ3) is 3.99. The number of methoxy groups -OCH3 is 1. The average Bonchev–Trinajstić information content (AvgIpc) is 2.15. The van der Waals surface area contributed by atoms with Crippen LogP contribution in [0.5, 0.6) is 0 Å². The quantitative estimate of drug-likeness (QED) is 0.796. The van der Waals surface area contributed by atoms with Crippen LogP contribution in [0.4, 0.5) is 5.95 Å². The zero-order valence-electron chi connectivity index (χ0n) is 10.5. The number of carbonyl (C=O) groups is 1. The van der Waals surface area contributed by atoms with Crippen LogP contribution in [0, 0.1) is 0 Å². The van der Waals surface area contributed by atoms with Crippen molar-refractivity contribution in [2.45, 2.75) is 33.0 Å². The fourth-order valence-corrected chi connectivity index (χ4v) is 1.18. The third-order valence-corrected chi connectivity index (χ3v) is 1.79. The minimum atomic E-state index is -0.567. The molecular weight excluding hydrogens is 222 g/mol. The number of anilines is 1. The van der Waals surface area contributed by atoms with Gasteiger partial charge in [0, 0.05) is 13.3 Å².